The van der Waals surface area contributed by atoms with Gasteiger partial charge in [0.1, 0.15) is 23.4 Å². The molecule has 1 atom stereocenters. The van der Waals surface area contributed by atoms with Crippen molar-refractivity contribution in [3.8, 4) is 17.2 Å². The number of alkyl halides is 3. The number of allylic oxidation sites excluding steroid dienone is 2. The number of carbonyl (C=O) groups is 2. The number of aliphatic carboxylic acids is 1. The number of aromatic nitrogens is 1. The smallest absolute Gasteiger partial charge is 0.419 e. The molecule has 7 nitrogen and oxygen atoms in total. The largest absolute Gasteiger partial charge is 0.493 e. The number of nitrogens with zero attached hydrogens (tertiary/aromatic N) is 1. The van der Waals surface area contributed by atoms with Gasteiger partial charge in [0.25, 0.3) is 0 Å². The number of benzene rings is 3. The molecule has 4 aromatic rings. The topological polar surface area (TPSA) is 102 Å². The third-order valence-electron chi connectivity index (χ3n) is 6.50. The molecule has 0 unspecified atom stereocenters. The van der Waals surface area contributed by atoms with E-state index in [2.05, 4.69) is 10.3 Å². The van der Waals surface area contributed by atoms with Gasteiger partial charge in [0.15, 0.2) is 5.78 Å². The summed E-state index contributed by atoms with van der Waals surface area (Å²) in [5, 5.41) is 12.3. The quantitative estimate of drug-likeness (QED) is 0.105. The summed E-state index contributed by atoms with van der Waals surface area (Å²) in [5.74, 6) is -2.13. The Kier molecular flexibility index (Phi) is 9.64. The van der Waals surface area contributed by atoms with Gasteiger partial charge in [-0.2, -0.15) is 13.2 Å². The number of carboxylic acids is 1. The fourth-order valence-corrected chi connectivity index (χ4v) is 4.32. The monoisotopic (exact) mass is 596 g/mol. The minimum Gasteiger partial charge on any atom is -0.493 e. The van der Waals surface area contributed by atoms with Crippen LogP contribution in [0.1, 0.15) is 39.9 Å². The Hall–Kier alpha value is -4.93. The first kappa shape index (κ1) is 31.0. The minimum absolute atomic E-state index is 0.0211. The second kappa shape index (κ2) is 13.4. The number of aryl methyl sites for hydroxylation is 1. The average Bonchev–Trinajstić information content (AvgIpc) is 3.33. The van der Waals surface area contributed by atoms with Crippen LogP contribution in [-0.4, -0.2) is 34.5 Å². The van der Waals surface area contributed by atoms with Crippen molar-refractivity contribution < 1.29 is 41.4 Å². The third-order valence-corrected chi connectivity index (χ3v) is 6.50. The maximum atomic E-state index is 14.3. The van der Waals surface area contributed by atoms with Crippen LogP contribution in [0.4, 0.5) is 17.6 Å². The highest BCUT2D eigenvalue weighted by Crippen LogP contribution is 2.32. The van der Waals surface area contributed by atoms with E-state index in [1.165, 1.54) is 6.92 Å². The average molecular weight is 597 g/mol. The van der Waals surface area contributed by atoms with E-state index in [0.29, 0.717) is 42.1 Å². The molecule has 11 heteroatoms. The van der Waals surface area contributed by atoms with Gasteiger partial charge < -0.3 is 19.6 Å². The molecule has 0 aliphatic carbocycles. The molecule has 224 valence electrons. The highest BCUT2D eigenvalue weighted by molar-refractivity contribution is 6.05. The van der Waals surface area contributed by atoms with Crippen LogP contribution >= 0.6 is 0 Å². The van der Waals surface area contributed by atoms with Gasteiger partial charge in [-0.15, -0.1) is 0 Å². The lowest BCUT2D eigenvalue weighted by atomic mass is 10.0. The van der Waals surface area contributed by atoms with E-state index in [-0.39, 0.29) is 12.1 Å². The van der Waals surface area contributed by atoms with Crippen molar-refractivity contribution in [2.45, 2.75) is 38.9 Å². The molecule has 0 fully saturated rings. The van der Waals surface area contributed by atoms with E-state index in [1.54, 1.807) is 24.3 Å². The summed E-state index contributed by atoms with van der Waals surface area (Å²) in [6.07, 6.45) is -3.56. The molecule has 0 spiro atoms. The van der Waals surface area contributed by atoms with E-state index in [0.717, 1.165) is 29.5 Å². The van der Waals surface area contributed by atoms with Gasteiger partial charge in [-0.3, -0.25) is 4.79 Å². The first-order chi connectivity index (χ1) is 20.4. The summed E-state index contributed by atoms with van der Waals surface area (Å²) in [6.45, 7) is 3.55. The van der Waals surface area contributed by atoms with E-state index >= 15 is 0 Å². The standard InChI is InChI=1S/C32H28F4N2O5/c1-19(17-28(39)24-9-6-10-25(29(24)33)32(34,35)36)37-27(31(40)41)18-21-11-13-23(14-12-21)42-16-15-26-20(2)43-30(38-26)22-7-4-3-5-8-22/h3-14,17,27,37H,15-16,18H2,1-2H3,(H,40,41)/b19-17-/t27-/m0/s1. The Morgan fingerprint density at radius 3 is 2.40 bits per heavy atom. The number of oxazole rings is 1. The Labute approximate surface area is 244 Å². The Balaban J connectivity index is 1.33. The van der Waals surface area contributed by atoms with Gasteiger partial charge in [-0.25, -0.2) is 14.2 Å². The number of rotatable bonds is 12. The van der Waals surface area contributed by atoms with Crippen molar-refractivity contribution in [2.24, 2.45) is 0 Å². The van der Waals surface area contributed by atoms with E-state index in [4.69, 9.17) is 9.15 Å². The second-order valence-corrected chi connectivity index (χ2v) is 9.73. The predicted octanol–water partition coefficient (Wildman–Crippen LogP) is 6.80. The van der Waals surface area contributed by atoms with Crippen molar-refractivity contribution in [3.05, 3.63) is 119 Å². The van der Waals surface area contributed by atoms with Crippen molar-refractivity contribution in [2.75, 3.05) is 6.61 Å². The van der Waals surface area contributed by atoms with Crippen molar-refractivity contribution in [3.63, 3.8) is 0 Å². The van der Waals surface area contributed by atoms with Crippen LogP contribution in [0.3, 0.4) is 0 Å². The molecule has 43 heavy (non-hydrogen) atoms. The fraction of sp³-hybridized carbons (Fsp3) is 0.219. The molecule has 0 amide bonds. The first-order valence-corrected chi connectivity index (χ1v) is 13.2. The molecule has 2 N–H and O–H groups in total. The first-order valence-electron chi connectivity index (χ1n) is 13.2. The highest BCUT2D eigenvalue weighted by Gasteiger charge is 2.35. The molecular weight excluding hydrogens is 568 g/mol. The van der Waals surface area contributed by atoms with E-state index < -0.39 is 40.9 Å². The number of nitrogens with one attached hydrogen (secondary N) is 1. The number of carbonyl (C=O) groups excluding carboxylic acids is 1. The zero-order valence-corrected chi connectivity index (χ0v) is 23.2. The molecule has 4 rings (SSSR count). The molecule has 1 aromatic heterocycles. The van der Waals surface area contributed by atoms with Gasteiger partial charge in [0.2, 0.25) is 5.89 Å². The van der Waals surface area contributed by atoms with Crippen LogP contribution in [0, 0.1) is 12.7 Å². The zero-order valence-electron chi connectivity index (χ0n) is 23.2. The molecular formula is C32H28F4N2O5. The van der Waals surface area contributed by atoms with Gasteiger partial charge in [-0.1, -0.05) is 36.4 Å². The number of hydrogen-bond acceptors (Lipinski definition) is 6. The van der Waals surface area contributed by atoms with Crippen LogP contribution in [-0.2, 0) is 23.8 Å². The lowest BCUT2D eigenvalue weighted by Gasteiger charge is -2.17. The number of halogens is 4. The summed E-state index contributed by atoms with van der Waals surface area (Å²) in [7, 11) is 0. The molecule has 1 heterocycles. The van der Waals surface area contributed by atoms with Crippen molar-refractivity contribution in [1.82, 2.24) is 10.3 Å². The molecule has 0 radical (unpaired) electrons. The molecule has 0 bridgehead atoms. The molecule has 3 aromatic carbocycles. The molecule has 0 aliphatic rings. The zero-order chi connectivity index (χ0) is 31.1. The maximum absolute atomic E-state index is 14.3. The summed E-state index contributed by atoms with van der Waals surface area (Å²) < 4.78 is 64.9. The number of ether oxygens (including phenoxy) is 1. The second-order valence-electron chi connectivity index (χ2n) is 9.73. The summed E-state index contributed by atoms with van der Waals surface area (Å²) in [4.78, 5) is 28.9. The Bertz CT molecular complexity index is 1610. The highest BCUT2D eigenvalue weighted by atomic mass is 19.4. The number of carboxylic acid groups (broad SMARTS) is 1. The van der Waals surface area contributed by atoms with Crippen molar-refractivity contribution >= 4 is 11.8 Å². The van der Waals surface area contributed by atoms with Crippen LogP contribution in [0.5, 0.6) is 5.75 Å². The number of ketones is 1. The maximum Gasteiger partial charge on any atom is 0.419 e. The van der Waals surface area contributed by atoms with Gasteiger partial charge in [0.05, 0.1) is 23.4 Å². The Morgan fingerprint density at radius 2 is 1.74 bits per heavy atom. The van der Waals surface area contributed by atoms with Gasteiger partial charge >= 0.3 is 12.1 Å². The van der Waals surface area contributed by atoms with Crippen molar-refractivity contribution in [1.29, 1.82) is 0 Å². The van der Waals surface area contributed by atoms with Gasteiger partial charge in [0, 0.05) is 30.2 Å². The third kappa shape index (κ3) is 8.09. The molecule has 0 saturated heterocycles. The lowest BCUT2D eigenvalue weighted by molar-refractivity contribution is -0.140. The van der Waals surface area contributed by atoms with Crippen LogP contribution in [0.15, 0.2) is 89.0 Å². The summed E-state index contributed by atoms with van der Waals surface area (Å²) in [6, 6.07) is 17.6. The minimum atomic E-state index is -4.96. The van der Waals surface area contributed by atoms with Crippen LogP contribution in [0.25, 0.3) is 11.5 Å². The molecule has 0 aliphatic heterocycles. The molecule has 0 saturated carbocycles. The Morgan fingerprint density at radius 1 is 1.05 bits per heavy atom. The van der Waals surface area contributed by atoms with E-state index in [9.17, 15) is 32.3 Å². The normalized spacial score (nSPS) is 12.6. The van der Waals surface area contributed by atoms with Gasteiger partial charge in [-0.05, 0) is 55.8 Å². The predicted molar refractivity (Wildman–Crippen MR) is 150 cm³/mol. The summed E-state index contributed by atoms with van der Waals surface area (Å²) >= 11 is 0. The lowest BCUT2D eigenvalue weighted by Crippen LogP contribution is -2.37. The van der Waals surface area contributed by atoms with E-state index in [1.807, 2.05) is 37.3 Å². The fourth-order valence-electron chi connectivity index (χ4n) is 4.32. The SMILES string of the molecule is C/C(=C/C(=O)c1cccc(C(F)(F)F)c1F)N[C@@H](Cc1ccc(OCCc2nc(-c3ccccc3)oc2C)cc1)C(=O)O. The number of hydrogen-bond donors (Lipinski definition) is 2. The van der Waals surface area contributed by atoms with Crippen LogP contribution in [0.2, 0.25) is 0 Å². The summed E-state index contributed by atoms with van der Waals surface area (Å²) in [5.41, 5.74) is 0.0308. The van der Waals surface area contributed by atoms with Crippen LogP contribution < -0.4 is 10.1 Å².